The number of rotatable bonds is 16. The summed E-state index contributed by atoms with van der Waals surface area (Å²) in [7, 11) is -4.48. The summed E-state index contributed by atoms with van der Waals surface area (Å²) in [4.78, 5) is 114. The Morgan fingerprint density at radius 2 is 1.47 bits per heavy atom. The van der Waals surface area contributed by atoms with E-state index < -0.39 is 101 Å². The number of aromatic nitrogens is 2. The number of pyridine rings is 2. The Balaban J connectivity index is 0.000000290. The molecule has 22 nitrogen and oxygen atoms in total. The fourth-order valence-electron chi connectivity index (χ4n) is 9.56. The highest BCUT2D eigenvalue weighted by molar-refractivity contribution is 6.74. The minimum Gasteiger partial charge on any atom is -0.457 e. The molecule has 2 aromatic carbocycles. The number of carbonyl (C=O) groups excluding carboxylic acids is 8. The first-order chi connectivity index (χ1) is 42.7. The van der Waals surface area contributed by atoms with Gasteiger partial charge in [-0.25, -0.2) is 10.9 Å². The molecule has 5 heterocycles. The van der Waals surface area contributed by atoms with Crippen molar-refractivity contribution in [1.29, 1.82) is 0 Å². The molecule has 6 amide bonds. The monoisotopic (exact) mass is 1290 g/mol. The molecule has 0 spiro atoms. The van der Waals surface area contributed by atoms with Crippen LogP contribution in [0.1, 0.15) is 149 Å². The smallest absolute Gasteiger partial charge is 0.325 e. The van der Waals surface area contributed by atoms with E-state index in [1.54, 1.807) is 63.5 Å². The first-order valence-corrected chi connectivity index (χ1v) is 37.3. The van der Waals surface area contributed by atoms with Crippen LogP contribution in [0.2, 0.25) is 36.3 Å². The van der Waals surface area contributed by atoms with Gasteiger partial charge in [-0.2, -0.15) is 0 Å². The number of nitrogens with zero attached hydrogens (tertiary/aromatic N) is 4. The first-order valence-electron chi connectivity index (χ1n) is 31.4. The van der Waals surface area contributed by atoms with Crippen LogP contribution in [0.3, 0.4) is 0 Å². The molecule has 0 aliphatic carbocycles. The lowest BCUT2D eigenvalue weighted by atomic mass is 10.0. The maximum absolute atomic E-state index is 13.4. The van der Waals surface area contributed by atoms with E-state index in [0.717, 1.165) is 38.4 Å². The molecular weight excluding hydrogens is 1190 g/mol. The normalized spacial score (nSPS) is 21.3. The molecule has 91 heavy (non-hydrogen) atoms. The van der Waals surface area contributed by atoms with E-state index in [9.17, 15) is 38.4 Å². The zero-order valence-electron chi connectivity index (χ0n) is 55.7. The van der Waals surface area contributed by atoms with Crippen LogP contribution in [0.5, 0.6) is 0 Å². The SMILES string of the molecule is C=Cc1cc2cc([C@@H](C)OC(=O)[C@@H]3CCCN(C(=O)[C@H](C)NC(=O)[C@H](CO[Si](C)(C)C(C)(C)C)NC(=O)C/C=C/C)N3)ccc2cn1.C[C@@H]1NC(=O)[C@H](CO[Si](C)(C)C(C)(C)C)NC(=O)C/C=C/c2cc3cc(ccc3cn2)[C@@H](C)OC(=O)[C@@H]2CCCN(N2)C1=O. The van der Waals surface area contributed by atoms with Gasteiger partial charge in [0.25, 0.3) is 11.8 Å². The number of hydrazine groups is 2. The highest BCUT2D eigenvalue weighted by atomic mass is 28.4. The quantitative estimate of drug-likeness (QED) is 0.0347. The Hall–Kier alpha value is -7.49. The van der Waals surface area contributed by atoms with Gasteiger partial charge in [0.2, 0.25) is 23.6 Å². The van der Waals surface area contributed by atoms with Crippen molar-refractivity contribution in [3.05, 3.63) is 108 Å². The van der Waals surface area contributed by atoms with Gasteiger partial charge in [0, 0.05) is 49.1 Å². The van der Waals surface area contributed by atoms with E-state index >= 15 is 0 Å². The summed E-state index contributed by atoms with van der Waals surface area (Å²) < 4.78 is 24.2. The molecule has 0 saturated carbocycles. The van der Waals surface area contributed by atoms with Crippen LogP contribution in [-0.2, 0) is 56.7 Å². The van der Waals surface area contributed by atoms with Gasteiger partial charge in [-0.15, -0.1) is 0 Å². The summed E-state index contributed by atoms with van der Waals surface area (Å²) in [5, 5.41) is 17.3. The molecule has 2 fully saturated rings. The number of hydrogen-bond donors (Lipinski definition) is 6. The molecule has 5 bridgehead atoms. The van der Waals surface area contributed by atoms with Crippen LogP contribution >= 0.6 is 0 Å². The Morgan fingerprint density at radius 1 is 0.813 bits per heavy atom. The number of carbonyl (C=O) groups is 8. The predicted octanol–water partition coefficient (Wildman–Crippen LogP) is 8.72. The number of ether oxygens (including phenoxy) is 2. The Morgan fingerprint density at radius 3 is 2.15 bits per heavy atom. The van der Waals surface area contributed by atoms with E-state index in [2.05, 4.69) is 116 Å². The van der Waals surface area contributed by atoms with E-state index in [1.807, 2.05) is 62.4 Å². The van der Waals surface area contributed by atoms with E-state index in [4.69, 9.17) is 18.3 Å². The van der Waals surface area contributed by atoms with Gasteiger partial charge in [0.1, 0.15) is 48.5 Å². The van der Waals surface area contributed by atoms with Gasteiger partial charge < -0.3 is 39.6 Å². The Bertz CT molecular complexity index is 3360. The van der Waals surface area contributed by atoms with Crippen LogP contribution in [0.4, 0.5) is 0 Å². The highest BCUT2D eigenvalue weighted by Gasteiger charge is 2.41. The molecule has 24 heteroatoms. The number of fused-ring (bicyclic) bond motifs is 5. The average Bonchev–Trinajstić information content (AvgIpc) is 1.46. The van der Waals surface area contributed by atoms with Crippen LogP contribution < -0.4 is 32.1 Å². The van der Waals surface area contributed by atoms with Crippen LogP contribution in [0, 0.1) is 0 Å². The van der Waals surface area contributed by atoms with Crippen LogP contribution in [0.25, 0.3) is 33.7 Å². The van der Waals surface area contributed by atoms with Crippen molar-refractivity contribution in [2.24, 2.45) is 0 Å². The molecule has 7 rings (SSSR count). The average molecular weight is 1290 g/mol. The van der Waals surface area contributed by atoms with Gasteiger partial charge in [0.05, 0.1) is 24.6 Å². The van der Waals surface area contributed by atoms with Gasteiger partial charge in [-0.05, 0) is 155 Å². The van der Waals surface area contributed by atoms with Gasteiger partial charge in [0.15, 0.2) is 16.6 Å². The molecule has 3 aliphatic rings. The summed E-state index contributed by atoms with van der Waals surface area (Å²) in [5.41, 5.74) is 9.06. The zero-order valence-corrected chi connectivity index (χ0v) is 57.7. The summed E-state index contributed by atoms with van der Waals surface area (Å²) in [5.74, 6) is -3.47. The Kier molecular flexibility index (Phi) is 25.3. The lowest BCUT2D eigenvalue weighted by Crippen LogP contribution is -2.61. The summed E-state index contributed by atoms with van der Waals surface area (Å²) in [6.45, 7) is 33.9. The van der Waals surface area contributed by atoms with Gasteiger partial charge in [-0.1, -0.05) is 90.6 Å². The largest absolute Gasteiger partial charge is 0.457 e. The fourth-order valence-corrected chi connectivity index (χ4v) is 11.6. The highest BCUT2D eigenvalue weighted by Crippen LogP contribution is 2.38. The minimum absolute atomic E-state index is 0.0115. The summed E-state index contributed by atoms with van der Waals surface area (Å²) >= 11 is 0. The van der Waals surface area contributed by atoms with Crippen LogP contribution in [0.15, 0.2) is 85.7 Å². The molecule has 0 radical (unpaired) electrons. The standard InChI is InChI=1S/C35H51N5O6Si.C32H45N5O6Si/c1-10-12-15-31(41)38-30(22-45-47(8,9)35(5,6)7)32(42)37-23(3)33(43)40-18-13-14-29(39-40)34(44)46-24(4)25-16-17-26-21-36-28(11-2)20-27(26)19-25;1-20-30(40)37-15-9-11-26(36-37)31(41)43-21(2)22-13-14-23-18-33-25(17-24(23)16-22)10-8-12-28(38)35-27(29(39)34-20)19-42-44(6,7)32(3,4)5/h10-12,16-17,19-21,23-24,29-30,39H,2,13-15,18,22H2,1,3-9H3,(H,37,42)(H,38,41);8,10,13-14,16-18,20-21,26-27,36H,9,11-12,15,19H2,1-7H3,(H,34,39)(H,35,38)/b12-10+;10-8+/t23-,24+,29-,30-;20-,21+,26-,27-/m00/s1. The van der Waals surface area contributed by atoms with E-state index in [0.29, 0.717) is 44.5 Å². The second kappa shape index (κ2) is 31.7. The molecule has 0 unspecified atom stereocenters. The fraction of sp³-hybridized carbons (Fsp3) is 0.522. The minimum atomic E-state index is -2.25. The molecule has 2 saturated heterocycles. The maximum Gasteiger partial charge on any atom is 0.325 e. The van der Waals surface area contributed by atoms with Crippen molar-refractivity contribution in [2.45, 2.75) is 199 Å². The number of cyclic esters (lactones) is 1. The number of nitrogens with one attached hydrogen (secondary N) is 6. The third kappa shape index (κ3) is 20.3. The number of benzene rings is 2. The zero-order chi connectivity index (χ0) is 67.2. The second-order valence-corrected chi connectivity index (χ2v) is 36.3. The van der Waals surface area contributed by atoms with Crippen LogP contribution in [-0.4, -0.2) is 147 Å². The first kappa shape index (κ1) is 72.6. The van der Waals surface area contributed by atoms with Crippen molar-refractivity contribution in [3.63, 3.8) is 0 Å². The number of allylic oxidation sites excluding steroid dienone is 1. The maximum atomic E-state index is 13.4. The molecule has 494 valence electrons. The van der Waals surface area contributed by atoms with Gasteiger partial charge in [-0.3, -0.25) is 58.3 Å². The molecular formula is C67H96N10O12Si2. The van der Waals surface area contributed by atoms with Crippen molar-refractivity contribution < 1.29 is 56.7 Å². The third-order valence-corrected chi connectivity index (χ3v) is 26.5. The number of amides is 6. The molecule has 2 aromatic heterocycles. The lowest BCUT2D eigenvalue weighted by Gasteiger charge is -2.37. The van der Waals surface area contributed by atoms with E-state index in [1.165, 1.54) is 10.0 Å². The lowest BCUT2D eigenvalue weighted by molar-refractivity contribution is -0.158. The van der Waals surface area contributed by atoms with Gasteiger partial charge >= 0.3 is 11.9 Å². The van der Waals surface area contributed by atoms with Crippen molar-refractivity contribution in [2.75, 3.05) is 26.3 Å². The summed E-state index contributed by atoms with van der Waals surface area (Å²) in [6.07, 6.45) is 13.4. The Labute approximate surface area is 538 Å². The molecule has 4 aromatic rings. The molecule has 6 N–H and O–H groups in total. The number of esters is 2. The van der Waals surface area contributed by atoms with E-state index in [-0.39, 0.29) is 47.9 Å². The third-order valence-electron chi connectivity index (χ3n) is 17.5. The van der Waals surface area contributed by atoms with Crippen molar-refractivity contribution >= 4 is 97.7 Å². The topological polar surface area (TPSA) is 278 Å². The summed E-state index contributed by atoms with van der Waals surface area (Å²) in [6, 6.07) is 10.1. The second-order valence-electron chi connectivity index (χ2n) is 26.6. The molecule has 3 aliphatic heterocycles. The van der Waals surface area contributed by atoms with Crippen molar-refractivity contribution in [3.8, 4) is 0 Å². The predicted molar refractivity (Wildman–Crippen MR) is 357 cm³/mol. The number of hydrogen-bond acceptors (Lipinski definition) is 16. The molecule has 8 atom stereocenters. The van der Waals surface area contributed by atoms with Crippen molar-refractivity contribution in [1.82, 2.24) is 52.1 Å².